The first-order chi connectivity index (χ1) is 9.66. The standard InChI is InChI=1S/C13H11N5O2/c1-9-6-11(15-8-14-9)18-12(17-4-2-3-5-17)10(7-16-18)13(19)20/h2-8H,1H3,(H,19,20). The predicted molar refractivity (Wildman–Crippen MR) is 70.2 cm³/mol. The Morgan fingerprint density at radius 3 is 2.65 bits per heavy atom. The lowest BCUT2D eigenvalue weighted by atomic mass is 10.3. The molecule has 0 amide bonds. The van der Waals surface area contributed by atoms with Gasteiger partial charge in [0.25, 0.3) is 0 Å². The summed E-state index contributed by atoms with van der Waals surface area (Å²) >= 11 is 0. The Labute approximate surface area is 114 Å². The molecule has 0 atom stereocenters. The van der Waals surface area contributed by atoms with Gasteiger partial charge < -0.3 is 9.67 Å². The minimum absolute atomic E-state index is 0.109. The number of aromatic carboxylic acids is 1. The quantitative estimate of drug-likeness (QED) is 0.778. The van der Waals surface area contributed by atoms with Crippen molar-refractivity contribution in [3.63, 3.8) is 0 Å². The number of hydrogen-bond acceptors (Lipinski definition) is 4. The molecule has 3 aromatic heterocycles. The van der Waals surface area contributed by atoms with E-state index in [9.17, 15) is 9.90 Å². The van der Waals surface area contributed by atoms with Crippen LogP contribution in [0.25, 0.3) is 11.6 Å². The third kappa shape index (κ3) is 1.95. The summed E-state index contributed by atoms with van der Waals surface area (Å²) in [6.45, 7) is 1.84. The normalized spacial score (nSPS) is 10.7. The molecule has 0 unspecified atom stereocenters. The largest absolute Gasteiger partial charge is 0.477 e. The van der Waals surface area contributed by atoms with E-state index < -0.39 is 5.97 Å². The molecule has 20 heavy (non-hydrogen) atoms. The monoisotopic (exact) mass is 269 g/mol. The lowest BCUT2D eigenvalue weighted by Crippen LogP contribution is -2.10. The molecule has 1 N–H and O–H groups in total. The second-order valence-electron chi connectivity index (χ2n) is 4.21. The zero-order chi connectivity index (χ0) is 14.1. The van der Waals surface area contributed by atoms with Gasteiger partial charge in [0.1, 0.15) is 11.9 Å². The molecule has 0 saturated carbocycles. The van der Waals surface area contributed by atoms with E-state index in [1.54, 1.807) is 23.0 Å². The van der Waals surface area contributed by atoms with Crippen LogP contribution in [0.2, 0.25) is 0 Å². The number of nitrogens with zero attached hydrogens (tertiary/aromatic N) is 5. The van der Waals surface area contributed by atoms with Crippen molar-refractivity contribution in [2.24, 2.45) is 0 Å². The van der Waals surface area contributed by atoms with Crippen molar-refractivity contribution in [1.82, 2.24) is 24.3 Å². The highest BCUT2D eigenvalue weighted by Gasteiger charge is 2.19. The minimum atomic E-state index is -1.04. The smallest absolute Gasteiger partial charge is 0.341 e. The van der Waals surface area contributed by atoms with Gasteiger partial charge in [0.05, 0.1) is 6.20 Å². The van der Waals surface area contributed by atoms with Gasteiger partial charge in [0.2, 0.25) is 0 Å². The first kappa shape index (κ1) is 12.1. The van der Waals surface area contributed by atoms with Crippen LogP contribution < -0.4 is 0 Å². The van der Waals surface area contributed by atoms with Gasteiger partial charge >= 0.3 is 5.97 Å². The molecule has 3 rings (SSSR count). The van der Waals surface area contributed by atoms with Crippen molar-refractivity contribution < 1.29 is 9.90 Å². The van der Waals surface area contributed by atoms with Crippen LogP contribution in [-0.4, -0.2) is 35.4 Å². The lowest BCUT2D eigenvalue weighted by molar-refractivity contribution is 0.0697. The number of carboxylic acid groups (broad SMARTS) is 1. The third-order valence-corrected chi connectivity index (χ3v) is 2.83. The number of aromatic nitrogens is 5. The van der Waals surface area contributed by atoms with Crippen LogP contribution in [0, 0.1) is 6.92 Å². The van der Waals surface area contributed by atoms with Gasteiger partial charge in [0.15, 0.2) is 11.6 Å². The van der Waals surface area contributed by atoms with Gasteiger partial charge in [-0.2, -0.15) is 9.78 Å². The molecule has 0 spiro atoms. The Balaban J connectivity index is 2.24. The molecule has 0 aliphatic carbocycles. The Morgan fingerprint density at radius 1 is 1.25 bits per heavy atom. The molecule has 0 bridgehead atoms. The molecule has 0 fully saturated rings. The molecule has 0 aliphatic heterocycles. The first-order valence-electron chi connectivity index (χ1n) is 5.90. The first-order valence-corrected chi connectivity index (χ1v) is 5.90. The second kappa shape index (κ2) is 4.61. The molecule has 0 aromatic carbocycles. The van der Waals surface area contributed by atoms with Crippen molar-refractivity contribution in [3.8, 4) is 11.6 Å². The van der Waals surface area contributed by atoms with E-state index in [1.807, 2.05) is 19.1 Å². The van der Waals surface area contributed by atoms with Crippen LogP contribution >= 0.6 is 0 Å². The van der Waals surface area contributed by atoms with E-state index in [4.69, 9.17) is 0 Å². The second-order valence-corrected chi connectivity index (χ2v) is 4.21. The average Bonchev–Trinajstić information content (AvgIpc) is 3.07. The summed E-state index contributed by atoms with van der Waals surface area (Å²) in [6.07, 6.45) is 6.25. The van der Waals surface area contributed by atoms with Gasteiger partial charge in [0, 0.05) is 24.2 Å². The van der Waals surface area contributed by atoms with Crippen LogP contribution in [0.3, 0.4) is 0 Å². The van der Waals surface area contributed by atoms with Crippen molar-refractivity contribution in [3.05, 3.63) is 54.4 Å². The number of rotatable bonds is 3. The summed E-state index contributed by atoms with van der Waals surface area (Å²) in [7, 11) is 0. The molecule has 7 heteroatoms. The Kier molecular flexibility index (Phi) is 2.79. The fourth-order valence-corrected chi connectivity index (χ4v) is 1.94. The molecule has 3 aromatic rings. The third-order valence-electron chi connectivity index (χ3n) is 2.83. The lowest BCUT2D eigenvalue weighted by Gasteiger charge is -2.08. The molecule has 0 aliphatic rings. The van der Waals surface area contributed by atoms with E-state index in [0.29, 0.717) is 11.6 Å². The molecular formula is C13H11N5O2. The van der Waals surface area contributed by atoms with E-state index in [2.05, 4.69) is 15.1 Å². The summed E-state index contributed by atoms with van der Waals surface area (Å²) in [5, 5.41) is 13.4. The maximum Gasteiger partial charge on any atom is 0.341 e. The van der Waals surface area contributed by atoms with Gasteiger partial charge in [-0.3, -0.25) is 0 Å². The van der Waals surface area contributed by atoms with Crippen molar-refractivity contribution in [1.29, 1.82) is 0 Å². The number of hydrogen-bond donors (Lipinski definition) is 1. The predicted octanol–water partition coefficient (Wildman–Crippen LogP) is 1.46. The van der Waals surface area contributed by atoms with Crippen LogP contribution in [-0.2, 0) is 0 Å². The van der Waals surface area contributed by atoms with Crippen molar-refractivity contribution >= 4 is 5.97 Å². The van der Waals surface area contributed by atoms with Crippen LogP contribution in [0.1, 0.15) is 16.1 Å². The Hall–Kier alpha value is -2.96. The SMILES string of the molecule is Cc1cc(-n2ncc(C(=O)O)c2-n2cccc2)ncn1. The fraction of sp³-hybridized carbons (Fsp3) is 0.0769. The summed E-state index contributed by atoms with van der Waals surface area (Å²) in [5.74, 6) is -0.0833. The van der Waals surface area contributed by atoms with Crippen LogP contribution in [0.5, 0.6) is 0 Å². The molecular weight excluding hydrogens is 258 g/mol. The van der Waals surface area contributed by atoms with Crippen LogP contribution in [0.15, 0.2) is 43.1 Å². The van der Waals surface area contributed by atoms with E-state index >= 15 is 0 Å². The Bertz CT molecular complexity index is 761. The van der Waals surface area contributed by atoms with Crippen molar-refractivity contribution in [2.75, 3.05) is 0 Å². The zero-order valence-corrected chi connectivity index (χ0v) is 10.6. The molecule has 7 nitrogen and oxygen atoms in total. The van der Waals surface area contributed by atoms with Crippen LogP contribution in [0.4, 0.5) is 0 Å². The van der Waals surface area contributed by atoms with E-state index in [1.165, 1.54) is 17.2 Å². The molecule has 100 valence electrons. The van der Waals surface area contributed by atoms with Gasteiger partial charge in [-0.25, -0.2) is 14.8 Å². The fourth-order valence-electron chi connectivity index (χ4n) is 1.94. The Morgan fingerprint density at radius 2 is 2.00 bits per heavy atom. The summed E-state index contributed by atoms with van der Waals surface area (Å²) in [4.78, 5) is 19.5. The number of carboxylic acids is 1. The number of carbonyl (C=O) groups is 1. The zero-order valence-electron chi connectivity index (χ0n) is 10.6. The molecule has 0 radical (unpaired) electrons. The van der Waals surface area contributed by atoms with Gasteiger partial charge in [-0.05, 0) is 19.1 Å². The summed E-state index contributed by atoms with van der Waals surface area (Å²) < 4.78 is 3.17. The highest BCUT2D eigenvalue weighted by Crippen LogP contribution is 2.18. The number of aryl methyl sites for hydroxylation is 1. The highest BCUT2D eigenvalue weighted by molar-refractivity contribution is 5.91. The average molecular weight is 269 g/mol. The minimum Gasteiger partial charge on any atom is -0.477 e. The van der Waals surface area contributed by atoms with E-state index in [-0.39, 0.29) is 5.56 Å². The van der Waals surface area contributed by atoms with E-state index in [0.717, 1.165) is 5.69 Å². The molecule has 3 heterocycles. The van der Waals surface area contributed by atoms with Crippen molar-refractivity contribution in [2.45, 2.75) is 6.92 Å². The summed E-state index contributed by atoms with van der Waals surface area (Å²) in [5.41, 5.74) is 0.887. The summed E-state index contributed by atoms with van der Waals surface area (Å²) in [6, 6.07) is 5.37. The maximum atomic E-state index is 11.3. The van der Waals surface area contributed by atoms with Gasteiger partial charge in [-0.1, -0.05) is 0 Å². The topological polar surface area (TPSA) is 85.8 Å². The maximum absolute atomic E-state index is 11.3. The van der Waals surface area contributed by atoms with Gasteiger partial charge in [-0.15, -0.1) is 0 Å². The molecule has 0 saturated heterocycles. The highest BCUT2D eigenvalue weighted by atomic mass is 16.4.